The Labute approximate surface area is 108 Å². The van der Waals surface area contributed by atoms with Gasteiger partial charge in [0.1, 0.15) is 0 Å². The van der Waals surface area contributed by atoms with Crippen LogP contribution in [-0.2, 0) is 9.84 Å². The van der Waals surface area contributed by atoms with Gasteiger partial charge >= 0.3 is 0 Å². The Morgan fingerprint density at radius 2 is 1.33 bits per heavy atom. The van der Waals surface area contributed by atoms with Gasteiger partial charge in [0.15, 0.2) is 9.84 Å². The van der Waals surface area contributed by atoms with Crippen molar-refractivity contribution in [3.05, 3.63) is 65.7 Å². The van der Waals surface area contributed by atoms with E-state index in [0.717, 1.165) is 5.56 Å². The van der Waals surface area contributed by atoms with Crippen LogP contribution >= 0.6 is 0 Å². The molecule has 2 nitrogen and oxygen atoms in total. The van der Waals surface area contributed by atoms with Crippen molar-refractivity contribution in [1.82, 2.24) is 0 Å². The monoisotopic (exact) mass is 260 g/mol. The highest BCUT2D eigenvalue weighted by molar-refractivity contribution is 7.90. The molecule has 94 valence electrons. The third-order valence-corrected chi connectivity index (χ3v) is 4.24. The predicted octanol–water partition coefficient (Wildman–Crippen LogP) is 3.24. The molecule has 2 rings (SSSR count). The van der Waals surface area contributed by atoms with Crippen LogP contribution in [0.4, 0.5) is 0 Å². The van der Waals surface area contributed by atoms with Crippen molar-refractivity contribution in [1.29, 1.82) is 0 Å². The van der Waals surface area contributed by atoms with E-state index in [1.807, 2.05) is 30.3 Å². The lowest BCUT2D eigenvalue weighted by Gasteiger charge is -2.12. The summed E-state index contributed by atoms with van der Waals surface area (Å²) in [4.78, 5) is 0.367. The molecule has 2 aromatic carbocycles. The maximum absolute atomic E-state index is 11.4. The van der Waals surface area contributed by atoms with Gasteiger partial charge in [-0.1, -0.05) is 49.4 Å². The van der Waals surface area contributed by atoms with Crippen molar-refractivity contribution in [3.63, 3.8) is 0 Å². The van der Waals surface area contributed by atoms with Gasteiger partial charge in [0.05, 0.1) is 4.90 Å². The molecular weight excluding hydrogens is 244 g/mol. The zero-order chi connectivity index (χ0) is 13.2. The molecule has 0 spiro atoms. The smallest absolute Gasteiger partial charge is 0.175 e. The highest BCUT2D eigenvalue weighted by atomic mass is 32.2. The molecule has 3 heteroatoms. The molecular formula is C15H16O2S. The molecule has 0 unspecified atom stereocenters. The van der Waals surface area contributed by atoms with Crippen molar-refractivity contribution < 1.29 is 8.42 Å². The lowest BCUT2D eigenvalue weighted by atomic mass is 9.93. The van der Waals surface area contributed by atoms with E-state index in [-0.39, 0.29) is 5.92 Å². The first-order valence-electron chi connectivity index (χ1n) is 5.83. The average Bonchev–Trinajstić information content (AvgIpc) is 2.38. The fraction of sp³-hybridized carbons (Fsp3) is 0.200. The fourth-order valence-electron chi connectivity index (χ4n) is 1.94. The Kier molecular flexibility index (Phi) is 3.53. The molecule has 0 aliphatic rings. The number of hydrogen-bond acceptors (Lipinski definition) is 2. The Bertz CT molecular complexity index is 613. The number of rotatable bonds is 3. The van der Waals surface area contributed by atoms with Crippen LogP contribution in [0.2, 0.25) is 0 Å². The van der Waals surface area contributed by atoms with Gasteiger partial charge in [0.2, 0.25) is 0 Å². The highest BCUT2D eigenvalue weighted by Gasteiger charge is 2.10. The van der Waals surface area contributed by atoms with Crippen LogP contribution in [0.5, 0.6) is 0 Å². The Hall–Kier alpha value is -1.61. The SMILES string of the molecule is C[C@@H](c1ccccc1)c1ccc(S(C)(=O)=O)cc1. The van der Waals surface area contributed by atoms with Crippen molar-refractivity contribution in [3.8, 4) is 0 Å². The quantitative estimate of drug-likeness (QED) is 0.849. The van der Waals surface area contributed by atoms with E-state index >= 15 is 0 Å². The minimum absolute atomic E-state index is 0.264. The summed E-state index contributed by atoms with van der Waals surface area (Å²) in [6, 6.07) is 17.3. The van der Waals surface area contributed by atoms with E-state index in [1.165, 1.54) is 11.8 Å². The van der Waals surface area contributed by atoms with Gasteiger partial charge in [-0.15, -0.1) is 0 Å². The van der Waals surface area contributed by atoms with Gasteiger partial charge in [-0.25, -0.2) is 8.42 Å². The summed E-state index contributed by atoms with van der Waals surface area (Å²) in [5.41, 5.74) is 2.35. The van der Waals surface area contributed by atoms with E-state index in [4.69, 9.17) is 0 Å². The summed E-state index contributed by atoms with van der Waals surface area (Å²) in [6.07, 6.45) is 1.22. The molecule has 0 aromatic heterocycles. The van der Waals surface area contributed by atoms with Gasteiger partial charge in [-0.3, -0.25) is 0 Å². The second-order valence-electron chi connectivity index (χ2n) is 4.47. The number of hydrogen-bond donors (Lipinski definition) is 0. The maximum Gasteiger partial charge on any atom is 0.175 e. The topological polar surface area (TPSA) is 34.1 Å². The average molecular weight is 260 g/mol. The van der Waals surface area contributed by atoms with E-state index in [1.54, 1.807) is 12.1 Å². The molecule has 2 aromatic rings. The molecule has 18 heavy (non-hydrogen) atoms. The van der Waals surface area contributed by atoms with Crippen molar-refractivity contribution in [2.24, 2.45) is 0 Å². The third-order valence-electron chi connectivity index (χ3n) is 3.11. The van der Waals surface area contributed by atoms with Gasteiger partial charge in [-0.05, 0) is 23.3 Å². The van der Waals surface area contributed by atoms with Crippen LogP contribution in [0.1, 0.15) is 24.0 Å². The van der Waals surface area contributed by atoms with Crippen molar-refractivity contribution in [2.75, 3.05) is 6.26 Å². The van der Waals surface area contributed by atoms with Gasteiger partial charge in [-0.2, -0.15) is 0 Å². The zero-order valence-corrected chi connectivity index (χ0v) is 11.3. The molecule has 0 saturated heterocycles. The molecule has 0 bridgehead atoms. The van der Waals surface area contributed by atoms with E-state index < -0.39 is 9.84 Å². The minimum atomic E-state index is -3.11. The normalized spacial score (nSPS) is 13.2. The molecule has 1 atom stereocenters. The van der Waals surface area contributed by atoms with Gasteiger partial charge in [0, 0.05) is 12.2 Å². The predicted molar refractivity (Wildman–Crippen MR) is 73.5 cm³/mol. The summed E-state index contributed by atoms with van der Waals surface area (Å²) < 4.78 is 22.8. The third kappa shape index (κ3) is 2.79. The molecule has 0 aliphatic heterocycles. The second kappa shape index (κ2) is 4.94. The first-order chi connectivity index (χ1) is 8.48. The molecule has 0 N–H and O–H groups in total. The molecule has 0 fully saturated rings. The maximum atomic E-state index is 11.4. The van der Waals surface area contributed by atoms with Crippen molar-refractivity contribution >= 4 is 9.84 Å². The first-order valence-corrected chi connectivity index (χ1v) is 7.72. The second-order valence-corrected chi connectivity index (χ2v) is 6.49. The van der Waals surface area contributed by atoms with Crippen LogP contribution in [0.3, 0.4) is 0 Å². The van der Waals surface area contributed by atoms with E-state index in [2.05, 4.69) is 19.1 Å². The Morgan fingerprint density at radius 1 is 0.833 bits per heavy atom. The first kappa shape index (κ1) is 12.8. The summed E-state index contributed by atoms with van der Waals surface area (Å²) in [6.45, 7) is 2.12. The molecule has 0 saturated carbocycles. The van der Waals surface area contributed by atoms with Crippen LogP contribution in [0.25, 0.3) is 0 Å². The Balaban J connectivity index is 2.31. The summed E-state index contributed by atoms with van der Waals surface area (Å²) in [5.74, 6) is 0.264. The van der Waals surface area contributed by atoms with Crippen molar-refractivity contribution in [2.45, 2.75) is 17.7 Å². The lowest BCUT2D eigenvalue weighted by Crippen LogP contribution is -1.99. The van der Waals surface area contributed by atoms with Crippen LogP contribution in [-0.4, -0.2) is 14.7 Å². The Morgan fingerprint density at radius 3 is 1.83 bits per heavy atom. The van der Waals surface area contributed by atoms with Crippen LogP contribution in [0.15, 0.2) is 59.5 Å². The van der Waals surface area contributed by atoms with Gasteiger partial charge in [0.25, 0.3) is 0 Å². The number of benzene rings is 2. The highest BCUT2D eigenvalue weighted by Crippen LogP contribution is 2.24. The van der Waals surface area contributed by atoms with Crippen LogP contribution in [0, 0.1) is 0 Å². The largest absolute Gasteiger partial charge is 0.224 e. The van der Waals surface area contributed by atoms with E-state index in [9.17, 15) is 8.42 Å². The number of sulfone groups is 1. The summed E-state index contributed by atoms with van der Waals surface area (Å²) in [5, 5.41) is 0. The molecule has 0 heterocycles. The summed E-state index contributed by atoms with van der Waals surface area (Å²) in [7, 11) is -3.11. The summed E-state index contributed by atoms with van der Waals surface area (Å²) >= 11 is 0. The molecule has 0 aliphatic carbocycles. The van der Waals surface area contributed by atoms with E-state index in [0.29, 0.717) is 4.90 Å². The lowest BCUT2D eigenvalue weighted by molar-refractivity contribution is 0.602. The fourth-order valence-corrected chi connectivity index (χ4v) is 2.57. The molecule has 0 radical (unpaired) electrons. The van der Waals surface area contributed by atoms with Gasteiger partial charge < -0.3 is 0 Å². The molecule has 0 amide bonds. The minimum Gasteiger partial charge on any atom is -0.224 e. The van der Waals surface area contributed by atoms with Crippen LogP contribution < -0.4 is 0 Å². The standard InChI is InChI=1S/C15H16O2S/c1-12(13-6-4-3-5-7-13)14-8-10-15(11-9-14)18(2,16)17/h3-12H,1-2H3/t12-/m0/s1. The zero-order valence-electron chi connectivity index (χ0n) is 10.5.